The molecule has 0 spiro atoms. The predicted octanol–water partition coefficient (Wildman–Crippen LogP) is 8.85. The number of rotatable bonds is 10. The van der Waals surface area contributed by atoms with Crippen LogP contribution in [-0.2, 0) is 25.9 Å². The molecule has 0 unspecified atom stereocenters. The molecule has 186 valence electrons. The first-order valence-corrected chi connectivity index (χ1v) is 15.5. The van der Waals surface area contributed by atoms with E-state index in [1.807, 2.05) is 0 Å². The smallest absolute Gasteiger partial charge is 0.258 e. The van der Waals surface area contributed by atoms with Crippen LogP contribution in [-0.4, -0.2) is 8.32 Å². The Morgan fingerprint density at radius 1 is 0.714 bits per heavy atom. The SMILES string of the molecule is Cc1c(N(Cc2ccccc2)Cc2ccccc2)cc(O[Si](C(C)C)(C(C)C)C(C)C)c2c1CC2. The summed E-state index contributed by atoms with van der Waals surface area (Å²) in [7, 11) is -2.03. The van der Waals surface area contributed by atoms with Gasteiger partial charge in [0.15, 0.2) is 0 Å². The van der Waals surface area contributed by atoms with Gasteiger partial charge in [0.05, 0.1) is 0 Å². The number of fused-ring (bicyclic) bond motifs is 1. The second-order valence-corrected chi connectivity index (χ2v) is 16.6. The van der Waals surface area contributed by atoms with Gasteiger partial charge in [-0.2, -0.15) is 0 Å². The Labute approximate surface area is 214 Å². The lowest BCUT2D eigenvalue weighted by atomic mass is 9.83. The molecule has 0 fully saturated rings. The molecule has 3 aromatic rings. The van der Waals surface area contributed by atoms with Crippen LogP contribution in [0.4, 0.5) is 5.69 Å². The van der Waals surface area contributed by atoms with E-state index in [2.05, 4.69) is 120 Å². The first-order valence-electron chi connectivity index (χ1n) is 13.4. The van der Waals surface area contributed by atoms with E-state index in [9.17, 15) is 0 Å². The third-order valence-corrected chi connectivity index (χ3v) is 14.1. The summed E-state index contributed by atoms with van der Waals surface area (Å²) in [6.07, 6.45) is 2.30. The van der Waals surface area contributed by atoms with Gasteiger partial charge in [-0.25, -0.2) is 0 Å². The van der Waals surface area contributed by atoms with Crippen molar-refractivity contribution in [2.75, 3.05) is 4.90 Å². The Morgan fingerprint density at radius 3 is 1.57 bits per heavy atom. The molecule has 0 radical (unpaired) electrons. The molecule has 0 bridgehead atoms. The van der Waals surface area contributed by atoms with E-state index in [1.54, 1.807) is 0 Å². The summed E-state index contributed by atoms with van der Waals surface area (Å²) in [6, 6.07) is 24.1. The summed E-state index contributed by atoms with van der Waals surface area (Å²) in [5.74, 6) is 1.17. The normalized spacial score (nSPS) is 13.2. The minimum atomic E-state index is -2.03. The average molecular weight is 486 g/mol. The first-order chi connectivity index (χ1) is 16.7. The molecule has 4 rings (SSSR count). The molecule has 2 nitrogen and oxygen atoms in total. The van der Waals surface area contributed by atoms with Crippen molar-refractivity contribution >= 4 is 14.0 Å². The summed E-state index contributed by atoms with van der Waals surface area (Å²) in [6.45, 7) is 18.4. The highest BCUT2D eigenvalue weighted by molar-refractivity contribution is 6.78. The van der Waals surface area contributed by atoms with Gasteiger partial charge >= 0.3 is 0 Å². The molecule has 3 aromatic carbocycles. The summed E-state index contributed by atoms with van der Waals surface area (Å²) < 4.78 is 7.31. The zero-order chi connectivity index (χ0) is 25.2. The lowest BCUT2D eigenvalue weighted by molar-refractivity contribution is 0.469. The molecule has 0 heterocycles. The zero-order valence-electron chi connectivity index (χ0n) is 22.8. The van der Waals surface area contributed by atoms with Crippen molar-refractivity contribution in [1.82, 2.24) is 0 Å². The van der Waals surface area contributed by atoms with Crippen LogP contribution in [0.5, 0.6) is 5.75 Å². The molecule has 3 heteroatoms. The lowest BCUT2D eigenvalue weighted by Crippen LogP contribution is -2.51. The molecule has 0 atom stereocenters. The quantitative estimate of drug-likeness (QED) is 0.266. The fourth-order valence-electron chi connectivity index (χ4n) is 6.33. The Bertz CT molecular complexity index is 1060. The van der Waals surface area contributed by atoms with Gasteiger partial charge in [0, 0.05) is 24.8 Å². The van der Waals surface area contributed by atoms with Crippen LogP contribution < -0.4 is 9.33 Å². The Kier molecular flexibility index (Phi) is 7.76. The molecular formula is C32H43NOSi. The van der Waals surface area contributed by atoms with Crippen molar-refractivity contribution in [3.05, 3.63) is 94.5 Å². The van der Waals surface area contributed by atoms with Crippen molar-refractivity contribution in [3.63, 3.8) is 0 Å². The second-order valence-electron chi connectivity index (χ2n) is 11.2. The fraction of sp³-hybridized carbons (Fsp3) is 0.438. The highest BCUT2D eigenvalue weighted by Crippen LogP contribution is 2.47. The highest BCUT2D eigenvalue weighted by Gasteiger charge is 2.47. The minimum absolute atomic E-state index is 0.563. The van der Waals surface area contributed by atoms with Crippen LogP contribution >= 0.6 is 0 Å². The average Bonchev–Trinajstić information content (AvgIpc) is 2.79. The molecular weight excluding hydrogens is 442 g/mol. The largest absolute Gasteiger partial charge is 0.542 e. The Balaban J connectivity index is 1.79. The van der Waals surface area contributed by atoms with E-state index in [4.69, 9.17) is 4.43 Å². The van der Waals surface area contributed by atoms with Gasteiger partial charge in [-0.05, 0) is 64.2 Å². The van der Waals surface area contributed by atoms with E-state index < -0.39 is 8.32 Å². The van der Waals surface area contributed by atoms with Gasteiger partial charge in [0.25, 0.3) is 8.32 Å². The van der Waals surface area contributed by atoms with Crippen molar-refractivity contribution in [2.24, 2.45) is 0 Å². The molecule has 0 amide bonds. The van der Waals surface area contributed by atoms with Gasteiger partial charge < -0.3 is 9.33 Å². The monoisotopic (exact) mass is 485 g/mol. The fourth-order valence-corrected chi connectivity index (χ4v) is 11.6. The number of benzene rings is 3. The van der Waals surface area contributed by atoms with Crippen LogP contribution in [0.1, 0.15) is 69.4 Å². The number of nitrogens with zero attached hydrogens (tertiary/aromatic N) is 1. The zero-order valence-corrected chi connectivity index (χ0v) is 23.8. The van der Waals surface area contributed by atoms with Crippen LogP contribution in [0.25, 0.3) is 0 Å². The first kappa shape index (κ1) is 25.6. The van der Waals surface area contributed by atoms with E-state index in [0.717, 1.165) is 25.9 Å². The van der Waals surface area contributed by atoms with Crippen LogP contribution in [0.2, 0.25) is 16.6 Å². The molecule has 0 N–H and O–H groups in total. The minimum Gasteiger partial charge on any atom is -0.542 e. The van der Waals surface area contributed by atoms with Crippen molar-refractivity contribution < 1.29 is 4.43 Å². The van der Waals surface area contributed by atoms with Gasteiger partial charge in [-0.15, -0.1) is 0 Å². The third kappa shape index (κ3) is 5.07. The highest BCUT2D eigenvalue weighted by atomic mass is 28.4. The van der Waals surface area contributed by atoms with E-state index in [1.165, 1.54) is 39.3 Å². The van der Waals surface area contributed by atoms with Crippen molar-refractivity contribution in [3.8, 4) is 5.75 Å². The topological polar surface area (TPSA) is 12.5 Å². The maximum Gasteiger partial charge on any atom is 0.258 e. The van der Waals surface area contributed by atoms with Gasteiger partial charge in [0.2, 0.25) is 0 Å². The molecule has 35 heavy (non-hydrogen) atoms. The number of anilines is 1. The van der Waals surface area contributed by atoms with Crippen LogP contribution in [0.3, 0.4) is 0 Å². The molecule has 0 aliphatic heterocycles. The number of hydrogen-bond acceptors (Lipinski definition) is 2. The molecule has 0 saturated heterocycles. The molecule has 0 saturated carbocycles. The lowest BCUT2D eigenvalue weighted by Gasteiger charge is -2.44. The predicted molar refractivity (Wildman–Crippen MR) is 153 cm³/mol. The number of hydrogen-bond donors (Lipinski definition) is 0. The van der Waals surface area contributed by atoms with Gasteiger partial charge in [-0.3, -0.25) is 0 Å². The maximum atomic E-state index is 7.31. The molecule has 1 aliphatic rings. The summed E-state index contributed by atoms with van der Waals surface area (Å²) in [5, 5.41) is 0. The molecule has 1 aliphatic carbocycles. The molecule has 0 aromatic heterocycles. The maximum absolute atomic E-state index is 7.31. The van der Waals surface area contributed by atoms with E-state index in [-0.39, 0.29) is 0 Å². The van der Waals surface area contributed by atoms with E-state index in [0.29, 0.717) is 16.6 Å². The summed E-state index contributed by atoms with van der Waals surface area (Å²) >= 11 is 0. The standard InChI is InChI=1S/C32H43NOSi/c1-23(2)35(24(3)4,25(5)6)34-32-20-31(26(7)29-18-19-30(29)32)33(21-27-14-10-8-11-15-27)22-28-16-12-9-13-17-28/h8-17,20,23-25H,18-19,21-22H2,1-7H3. The van der Waals surface area contributed by atoms with Crippen molar-refractivity contribution in [2.45, 2.75) is 91.0 Å². The van der Waals surface area contributed by atoms with Gasteiger partial charge in [0.1, 0.15) is 5.75 Å². The van der Waals surface area contributed by atoms with Crippen LogP contribution in [0, 0.1) is 6.92 Å². The van der Waals surface area contributed by atoms with Crippen LogP contribution in [0.15, 0.2) is 66.7 Å². The Hall–Kier alpha value is -2.52. The van der Waals surface area contributed by atoms with Crippen molar-refractivity contribution in [1.29, 1.82) is 0 Å². The summed E-state index contributed by atoms with van der Waals surface area (Å²) in [4.78, 5) is 2.55. The summed E-state index contributed by atoms with van der Waals surface area (Å²) in [5.41, 5.74) is 10.1. The Morgan fingerprint density at radius 2 is 1.17 bits per heavy atom. The van der Waals surface area contributed by atoms with E-state index >= 15 is 0 Å². The second kappa shape index (κ2) is 10.6. The van der Waals surface area contributed by atoms with Gasteiger partial charge in [-0.1, -0.05) is 102 Å². The third-order valence-electron chi connectivity index (χ3n) is 8.16.